The van der Waals surface area contributed by atoms with Crippen molar-refractivity contribution < 1.29 is 14.3 Å². The van der Waals surface area contributed by atoms with E-state index in [1.54, 1.807) is 30.6 Å². The van der Waals surface area contributed by atoms with Crippen molar-refractivity contribution in [2.24, 2.45) is 5.10 Å². The van der Waals surface area contributed by atoms with Gasteiger partial charge in [-0.05, 0) is 58.7 Å². The van der Waals surface area contributed by atoms with Crippen LogP contribution in [0, 0.1) is 0 Å². The molecule has 0 radical (unpaired) electrons. The number of pyridine rings is 1. The van der Waals surface area contributed by atoms with E-state index in [2.05, 4.69) is 31.4 Å². The van der Waals surface area contributed by atoms with Crippen molar-refractivity contribution in [3.63, 3.8) is 0 Å². The van der Waals surface area contributed by atoms with Gasteiger partial charge in [0.05, 0.1) is 17.3 Å². The molecule has 0 fully saturated rings. The highest BCUT2D eigenvalue weighted by molar-refractivity contribution is 9.10. The van der Waals surface area contributed by atoms with E-state index in [4.69, 9.17) is 21.1 Å². The van der Waals surface area contributed by atoms with Gasteiger partial charge in [0.15, 0.2) is 11.5 Å². The molecule has 154 valence electrons. The highest BCUT2D eigenvalue weighted by Gasteiger charge is 2.13. The maximum absolute atomic E-state index is 12.1. The van der Waals surface area contributed by atoms with Crippen LogP contribution in [0.3, 0.4) is 0 Å². The van der Waals surface area contributed by atoms with Crippen LogP contribution in [-0.4, -0.2) is 23.7 Å². The average molecular weight is 489 g/mol. The van der Waals surface area contributed by atoms with E-state index < -0.39 is 0 Å². The van der Waals surface area contributed by atoms with Crippen LogP contribution in [0.25, 0.3) is 0 Å². The minimum atomic E-state index is -0.322. The van der Waals surface area contributed by atoms with Crippen LogP contribution in [0.5, 0.6) is 11.5 Å². The summed E-state index contributed by atoms with van der Waals surface area (Å²) in [6.45, 7) is 2.66. The molecule has 0 aliphatic carbocycles. The molecule has 3 rings (SSSR count). The minimum absolute atomic E-state index is 0.299. The summed E-state index contributed by atoms with van der Waals surface area (Å²) >= 11 is 9.73. The fourth-order valence-corrected chi connectivity index (χ4v) is 3.33. The number of hydrogen-bond acceptors (Lipinski definition) is 5. The fraction of sp³-hybridized carbons (Fsp3) is 0.136. The standard InChI is InChI=1S/C22H19BrClN3O3/c1-2-29-20-12-15(13-26-27-22(28)16-7-9-25-10-8-16)11-18(23)21(20)30-14-17-5-3-4-6-19(17)24/h3-13H,2,14H2,1H3,(H,27,28). The summed E-state index contributed by atoms with van der Waals surface area (Å²) in [5, 5.41) is 4.65. The van der Waals surface area contributed by atoms with E-state index in [1.807, 2.05) is 37.3 Å². The van der Waals surface area contributed by atoms with Gasteiger partial charge < -0.3 is 9.47 Å². The van der Waals surface area contributed by atoms with Gasteiger partial charge in [-0.2, -0.15) is 5.10 Å². The van der Waals surface area contributed by atoms with Crippen molar-refractivity contribution in [3.8, 4) is 11.5 Å². The van der Waals surface area contributed by atoms with Gasteiger partial charge in [0, 0.05) is 28.5 Å². The predicted molar refractivity (Wildman–Crippen MR) is 120 cm³/mol. The van der Waals surface area contributed by atoms with Crippen molar-refractivity contribution in [1.29, 1.82) is 0 Å². The normalized spacial score (nSPS) is 10.8. The molecule has 0 spiro atoms. The lowest BCUT2D eigenvalue weighted by molar-refractivity contribution is 0.0955. The van der Waals surface area contributed by atoms with Gasteiger partial charge in [0.2, 0.25) is 0 Å². The largest absolute Gasteiger partial charge is 0.490 e. The second kappa shape index (κ2) is 10.8. The summed E-state index contributed by atoms with van der Waals surface area (Å²) in [5.74, 6) is 0.799. The molecule has 0 bridgehead atoms. The maximum atomic E-state index is 12.1. The van der Waals surface area contributed by atoms with Crippen molar-refractivity contribution in [2.75, 3.05) is 6.61 Å². The number of nitrogens with one attached hydrogen (secondary N) is 1. The fourth-order valence-electron chi connectivity index (χ4n) is 2.56. The number of carbonyl (C=O) groups is 1. The Balaban J connectivity index is 1.73. The summed E-state index contributed by atoms with van der Waals surface area (Å²) in [6, 6.07) is 14.3. The molecule has 0 aliphatic heterocycles. The molecular weight excluding hydrogens is 470 g/mol. The average Bonchev–Trinajstić information content (AvgIpc) is 2.75. The number of hydrogen-bond donors (Lipinski definition) is 1. The number of benzene rings is 2. The van der Waals surface area contributed by atoms with Crippen LogP contribution < -0.4 is 14.9 Å². The van der Waals surface area contributed by atoms with Crippen molar-refractivity contribution in [2.45, 2.75) is 13.5 Å². The first kappa shape index (κ1) is 21.8. The Hall–Kier alpha value is -2.90. The number of hydrazone groups is 1. The number of nitrogens with zero attached hydrogens (tertiary/aromatic N) is 2. The molecule has 1 N–H and O–H groups in total. The molecule has 0 aliphatic rings. The Bertz CT molecular complexity index is 1050. The zero-order chi connectivity index (χ0) is 21.3. The monoisotopic (exact) mass is 487 g/mol. The quantitative estimate of drug-likeness (QED) is 0.348. The Morgan fingerprint density at radius 2 is 1.97 bits per heavy atom. The summed E-state index contributed by atoms with van der Waals surface area (Å²) in [7, 11) is 0. The van der Waals surface area contributed by atoms with Crippen LogP contribution in [0.1, 0.15) is 28.4 Å². The molecule has 1 amide bonds. The van der Waals surface area contributed by atoms with Gasteiger partial charge in [0.25, 0.3) is 5.91 Å². The first-order valence-corrected chi connectivity index (χ1v) is 10.3. The predicted octanol–water partition coefficient (Wildman–Crippen LogP) is 5.24. The molecule has 8 heteroatoms. The number of halogens is 2. The Kier molecular flexibility index (Phi) is 7.82. The Morgan fingerprint density at radius 3 is 2.70 bits per heavy atom. The molecule has 6 nitrogen and oxygen atoms in total. The van der Waals surface area contributed by atoms with Gasteiger partial charge in [-0.15, -0.1) is 0 Å². The topological polar surface area (TPSA) is 72.8 Å². The van der Waals surface area contributed by atoms with Gasteiger partial charge in [-0.3, -0.25) is 9.78 Å². The number of amides is 1. The Labute approximate surface area is 188 Å². The highest BCUT2D eigenvalue weighted by Crippen LogP contribution is 2.37. The molecule has 0 saturated heterocycles. The third-order valence-electron chi connectivity index (χ3n) is 3.98. The third kappa shape index (κ3) is 5.81. The zero-order valence-electron chi connectivity index (χ0n) is 16.1. The number of ether oxygens (including phenoxy) is 2. The van der Waals surface area contributed by atoms with E-state index in [-0.39, 0.29) is 5.91 Å². The summed E-state index contributed by atoms with van der Waals surface area (Å²) in [5.41, 5.74) is 4.56. The lowest BCUT2D eigenvalue weighted by Crippen LogP contribution is -2.17. The van der Waals surface area contributed by atoms with Gasteiger partial charge in [-0.1, -0.05) is 29.8 Å². The van der Waals surface area contributed by atoms with Crippen molar-refractivity contribution >= 4 is 39.7 Å². The zero-order valence-corrected chi connectivity index (χ0v) is 18.5. The second-order valence-electron chi connectivity index (χ2n) is 6.08. The SMILES string of the molecule is CCOc1cc(C=NNC(=O)c2ccncc2)cc(Br)c1OCc1ccccc1Cl. The third-order valence-corrected chi connectivity index (χ3v) is 4.94. The first-order valence-electron chi connectivity index (χ1n) is 9.14. The molecule has 0 saturated carbocycles. The van der Waals surface area contributed by atoms with E-state index >= 15 is 0 Å². The molecule has 0 unspecified atom stereocenters. The van der Waals surface area contributed by atoms with Gasteiger partial charge in [0.1, 0.15) is 6.61 Å². The van der Waals surface area contributed by atoms with Crippen molar-refractivity contribution in [1.82, 2.24) is 10.4 Å². The van der Waals surface area contributed by atoms with Crippen LogP contribution in [0.4, 0.5) is 0 Å². The minimum Gasteiger partial charge on any atom is -0.490 e. The molecule has 1 heterocycles. The lowest BCUT2D eigenvalue weighted by Gasteiger charge is -2.15. The molecule has 30 heavy (non-hydrogen) atoms. The van der Waals surface area contributed by atoms with E-state index in [1.165, 1.54) is 6.21 Å². The highest BCUT2D eigenvalue weighted by atomic mass is 79.9. The van der Waals surface area contributed by atoms with Crippen LogP contribution >= 0.6 is 27.5 Å². The number of aromatic nitrogens is 1. The first-order chi connectivity index (χ1) is 14.6. The van der Waals surface area contributed by atoms with Gasteiger partial charge >= 0.3 is 0 Å². The van der Waals surface area contributed by atoms with Crippen LogP contribution in [0.2, 0.25) is 5.02 Å². The van der Waals surface area contributed by atoms with Crippen molar-refractivity contribution in [3.05, 3.63) is 87.1 Å². The second-order valence-corrected chi connectivity index (χ2v) is 7.34. The summed E-state index contributed by atoms with van der Waals surface area (Å²) < 4.78 is 12.4. The number of rotatable bonds is 8. The number of carbonyl (C=O) groups excluding carboxylic acids is 1. The van der Waals surface area contributed by atoms with Crippen LogP contribution in [0.15, 0.2) is 70.5 Å². The smallest absolute Gasteiger partial charge is 0.271 e. The van der Waals surface area contributed by atoms with E-state index in [9.17, 15) is 4.79 Å². The lowest BCUT2D eigenvalue weighted by atomic mass is 10.2. The van der Waals surface area contributed by atoms with E-state index in [0.29, 0.717) is 39.8 Å². The molecule has 1 aromatic heterocycles. The van der Waals surface area contributed by atoms with Crippen LogP contribution in [-0.2, 0) is 6.61 Å². The van der Waals surface area contributed by atoms with E-state index in [0.717, 1.165) is 11.1 Å². The molecular formula is C22H19BrClN3O3. The summed E-state index contributed by atoms with van der Waals surface area (Å²) in [6.07, 6.45) is 4.63. The molecule has 3 aromatic rings. The molecule has 0 atom stereocenters. The Morgan fingerprint density at radius 1 is 1.20 bits per heavy atom. The summed E-state index contributed by atoms with van der Waals surface area (Å²) in [4.78, 5) is 15.9. The maximum Gasteiger partial charge on any atom is 0.271 e. The molecule has 2 aromatic carbocycles. The van der Waals surface area contributed by atoms with Gasteiger partial charge in [-0.25, -0.2) is 5.43 Å².